The fourth-order valence-electron chi connectivity index (χ4n) is 1.59. The third kappa shape index (κ3) is 4.57. The fourth-order valence-corrected chi connectivity index (χ4v) is 3.34. The van der Waals surface area contributed by atoms with Crippen LogP contribution in [0.4, 0.5) is 5.69 Å². The third-order valence-electron chi connectivity index (χ3n) is 2.66. The van der Waals surface area contributed by atoms with Crippen molar-refractivity contribution in [1.29, 1.82) is 0 Å². The molecule has 0 aromatic heterocycles. The van der Waals surface area contributed by atoms with E-state index >= 15 is 0 Å². The number of sulfonamides is 1. The van der Waals surface area contributed by atoms with E-state index in [1.54, 1.807) is 6.07 Å². The quantitative estimate of drug-likeness (QED) is 0.551. The number of ether oxygens (including phenoxy) is 1. The zero-order valence-electron chi connectivity index (χ0n) is 11.8. The number of hydrogen-bond acceptors (Lipinski definition) is 5. The first-order valence-electron chi connectivity index (χ1n) is 6.06. The van der Waals surface area contributed by atoms with Gasteiger partial charge in [0.05, 0.1) is 23.9 Å². The monoisotopic (exact) mass is 335 g/mol. The van der Waals surface area contributed by atoms with Crippen LogP contribution in [0.3, 0.4) is 0 Å². The molecule has 21 heavy (non-hydrogen) atoms. The highest BCUT2D eigenvalue weighted by Gasteiger charge is 2.27. The van der Waals surface area contributed by atoms with E-state index in [-0.39, 0.29) is 22.2 Å². The summed E-state index contributed by atoms with van der Waals surface area (Å²) >= 11 is 5.89. The van der Waals surface area contributed by atoms with Gasteiger partial charge in [-0.3, -0.25) is 4.79 Å². The van der Waals surface area contributed by atoms with E-state index in [0.717, 1.165) is 4.31 Å². The molecule has 0 saturated carbocycles. The number of hydrogen-bond donors (Lipinski definition) is 2. The van der Waals surface area contributed by atoms with Gasteiger partial charge in [0.2, 0.25) is 15.9 Å². The molecule has 0 saturated heterocycles. The second-order valence-corrected chi connectivity index (χ2v) is 6.65. The molecule has 0 atom stereocenters. The molecule has 0 bridgehead atoms. The van der Waals surface area contributed by atoms with Gasteiger partial charge < -0.3 is 15.8 Å². The van der Waals surface area contributed by atoms with Gasteiger partial charge in [0.25, 0.3) is 0 Å². The van der Waals surface area contributed by atoms with Crippen LogP contribution in [-0.4, -0.2) is 52.5 Å². The van der Waals surface area contributed by atoms with Crippen LogP contribution in [0.1, 0.15) is 0 Å². The Kier molecular flexibility index (Phi) is 6.41. The summed E-state index contributed by atoms with van der Waals surface area (Å²) in [5.41, 5.74) is 5.70. The third-order valence-corrected chi connectivity index (χ3v) is 5.01. The predicted molar refractivity (Wildman–Crippen MR) is 80.6 cm³/mol. The number of methoxy groups -OCH3 is 1. The SMILES string of the molecule is COCCNC(=O)CN(C)S(=O)(=O)c1c(N)cccc1Cl. The van der Waals surface area contributed by atoms with Crippen LogP contribution in [0.5, 0.6) is 0 Å². The number of nitrogens with zero attached hydrogens (tertiary/aromatic N) is 1. The molecule has 0 aliphatic rings. The molecule has 0 aliphatic carbocycles. The fraction of sp³-hybridized carbons (Fsp3) is 0.417. The van der Waals surface area contributed by atoms with E-state index in [4.69, 9.17) is 22.1 Å². The van der Waals surface area contributed by atoms with Gasteiger partial charge in [-0.05, 0) is 12.1 Å². The highest BCUT2D eigenvalue weighted by molar-refractivity contribution is 7.89. The van der Waals surface area contributed by atoms with Crippen molar-refractivity contribution in [3.05, 3.63) is 23.2 Å². The van der Waals surface area contributed by atoms with Crippen molar-refractivity contribution in [2.24, 2.45) is 0 Å². The van der Waals surface area contributed by atoms with Crippen LogP contribution in [0.2, 0.25) is 5.02 Å². The molecular formula is C12H18ClN3O4S. The largest absolute Gasteiger partial charge is 0.398 e. The van der Waals surface area contributed by atoms with E-state index < -0.39 is 15.9 Å². The van der Waals surface area contributed by atoms with Crippen molar-refractivity contribution in [2.75, 3.05) is 39.6 Å². The van der Waals surface area contributed by atoms with Gasteiger partial charge in [0, 0.05) is 20.7 Å². The lowest BCUT2D eigenvalue weighted by molar-refractivity contribution is -0.121. The summed E-state index contributed by atoms with van der Waals surface area (Å²) in [6.07, 6.45) is 0. The molecule has 0 unspecified atom stereocenters. The average molecular weight is 336 g/mol. The second kappa shape index (κ2) is 7.60. The van der Waals surface area contributed by atoms with Crippen molar-refractivity contribution in [3.63, 3.8) is 0 Å². The lowest BCUT2D eigenvalue weighted by atomic mass is 10.3. The van der Waals surface area contributed by atoms with Crippen LogP contribution < -0.4 is 11.1 Å². The van der Waals surface area contributed by atoms with Gasteiger partial charge in [-0.1, -0.05) is 17.7 Å². The zero-order chi connectivity index (χ0) is 16.0. The number of carbonyl (C=O) groups is 1. The van der Waals surface area contributed by atoms with E-state index in [2.05, 4.69) is 5.32 Å². The molecule has 0 aliphatic heterocycles. The van der Waals surface area contributed by atoms with Gasteiger partial charge in [0.15, 0.2) is 0 Å². The molecule has 118 valence electrons. The summed E-state index contributed by atoms with van der Waals surface area (Å²) in [5, 5.41) is 2.55. The number of anilines is 1. The summed E-state index contributed by atoms with van der Waals surface area (Å²) in [6.45, 7) is 0.313. The molecule has 0 fully saturated rings. The van der Waals surface area contributed by atoms with Gasteiger partial charge in [-0.2, -0.15) is 4.31 Å². The van der Waals surface area contributed by atoms with E-state index in [9.17, 15) is 13.2 Å². The van der Waals surface area contributed by atoms with Gasteiger partial charge >= 0.3 is 0 Å². The Bertz CT molecular complexity index is 586. The average Bonchev–Trinajstić information content (AvgIpc) is 2.38. The van der Waals surface area contributed by atoms with Crippen molar-refractivity contribution in [3.8, 4) is 0 Å². The van der Waals surface area contributed by atoms with E-state index in [1.807, 2.05) is 0 Å². The number of nitrogens with one attached hydrogen (secondary N) is 1. The van der Waals surface area contributed by atoms with E-state index in [1.165, 1.54) is 26.3 Å². The van der Waals surface area contributed by atoms with Crippen molar-refractivity contribution >= 4 is 33.2 Å². The smallest absolute Gasteiger partial charge is 0.246 e. The molecule has 9 heteroatoms. The Labute approximate surface area is 129 Å². The van der Waals surface area contributed by atoms with Crippen LogP contribution in [-0.2, 0) is 19.6 Å². The van der Waals surface area contributed by atoms with Crippen LogP contribution in [0.15, 0.2) is 23.1 Å². The Morgan fingerprint density at radius 2 is 2.14 bits per heavy atom. The maximum atomic E-state index is 12.4. The van der Waals surface area contributed by atoms with Crippen molar-refractivity contribution in [2.45, 2.75) is 4.90 Å². The molecule has 0 radical (unpaired) electrons. The van der Waals surface area contributed by atoms with Crippen LogP contribution in [0.25, 0.3) is 0 Å². The minimum Gasteiger partial charge on any atom is -0.398 e. The Morgan fingerprint density at radius 1 is 1.48 bits per heavy atom. The zero-order valence-corrected chi connectivity index (χ0v) is 13.4. The second-order valence-electron chi connectivity index (χ2n) is 4.26. The van der Waals surface area contributed by atoms with Crippen LogP contribution >= 0.6 is 11.6 Å². The van der Waals surface area contributed by atoms with Gasteiger partial charge in [-0.25, -0.2) is 8.42 Å². The lowest BCUT2D eigenvalue weighted by Crippen LogP contribution is -2.39. The van der Waals surface area contributed by atoms with Gasteiger partial charge in [0.1, 0.15) is 4.90 Å². The minimum atomic E-state index is -3.94. The van der Waals surface area contributed by atoms with Crippen LogP contribution in [0, 0.1) is 0 Å². The molecule has 1 rings (SSSR count). The Morgan fingerprint density at radius 3 is 2.71 bits per heavy atom. The normalized spacial score (nSPS) is 11.6. The highest BCUT2D eigenvalue weighted by Crippen LogP contribution is 2.29. The molecule has 1 aromatic rings. The molecular weight excluding hydrogens is 318 g/mol. The maximum absolute atomic E-state index is 12.4. The number of carbonyl (C=O) groups excluding carboxylic acids is 1. The summed E-state index contributed by atoms with van der Waals surface area (Å²) in [4.78, 5) is 11.4. The first-order chi connectivity index (χ1) is 9.80. The first-order valence-corrected chi connectivity index (χ1v) is 7.88. The summed E-state index contributed by atoms with van der Waals surface area (Å²) in [5.74, 6) is -0.441. The van der Waals surface area contributed by atoms with Gasteiger partial charge in [-0.15, -0.1) is 0 Å². The standard InChI is InChI=1S/C12H18ClN3O4S/c1-16(8-11(17)15-6-7-20-2)21(18,19)12-9(13)4-3-5-10(12)14/h3-5H,6-8,14H2,1-2H3,(H,15,17). The number of likely N-dealkylation sites (N-methyl/N-ethyl adjacent to an activating group) is 1. The molecule has 0 spiro atoms. The van der Waals surface area contributed by atoms with Crippen molar-refractivity contribution < 1.29 is 17.9 Å². The Hall–Kier alpha value is -1.35. The predicted octanol–water partition coefficient (Wildman–Crippen LogP) is 0.305. The van der Waals surface area contributed by atoms with E-state index in [0.29, 0.717) is 13.2 Å². The first kappa shape index (κ1) is 17.7. The lowest BCUT2D eigenvalue weighted by Gasteiger charge is -2.18. The molecule has 7 nitrogen and oxygen atoms in total. The minimum absolute atomic E-state index is 0.0154. The number of benzene rings is 1. The molecule has 1 amide bonds. The highest BCUT2D eigenvalue weighted by atomic mass is 35.5. The molecule has 3 N–H and O–H groups in total. The summed E-state index contributed by atoms with van der Waals surface area (Å²) in [6, 6.07) is 4.41. The number of halogens is 1. The van der Waals surface area contributed by atoms with Crippen molar-refractivity contribution in [1.82, 2.24) is 9.62 Å². The number of nitrogen functional groups attached to an aromatic ring is 1. The maximum Gasteiger partial charge on any atom is 0.246 e. The number of amides is 1. The summed E-state index contributed by atoms with van der Waals surface area (Å²) in [7, 11) is -1.15. The number of nitrogens with two attached hydrogens (primary N) is 1. The molecule has 1 aromatic carbocycles. The molecule has 0 heterocycles. The Balaban J connectivity index is 2.85. The topological polar surface area (TPSA) is 102 Å². The number of rotatable bonds is 7. The summed E-state index contributed by atoms with van der Waals surface area (Å²) < 4.78 is 30.5.